The normalized spacial score (nSPS) is 13.3. The maximum atomic E-state index is 14.2. The van der Waals surface area contributed by atoms with Gasteiger partial charge in [-0.3, -0.25) is 0 Å². The largest absolute Gasteiger partial charge is 0.332 e. The van der Waals surface area contributed by atoms with E-state index >= 15 is 0 Å². The number of alkyl halides is 3. The van der Waals surface area contributed by atoms with E-state index in [1.807, 2.05) is 30.3 Å². The first-order valence-electron chi connectivity index (χ1n) is 6.24. The molecule has 2 heterocycles. The minimum Gasteiger partial charge on any atom is -0.233 e. The summed E-state index contributed by atoms with van der Waals surface area (Å²) < 4.78 is 43.1. The summed E-state index contributed by atoms with van der Waals surface area (Å²) in [5, 5.41) is 5.14. The van der Waals surface area contributed by atoms with E-state index in [2.05, 4.69) is 5.10 Å². The lowest BCUT2D eigenvalue weighted by Crippen LogP contribution is -2.24. The van der Waals surface area contributed by atoms with Gasteiger partial charge in [0.15, 0.2) is 0 Å². The van der Waals surface area contributed by atoms with Crippen LogP contribution in [0.4, 0.5) is 13.2 Å². The molecular formula is C15H11F3N2S. The van der Waals surface area contributed by atoms with Crippen molar-refractivity contribution < 1.29 is 13.2 Å². The van der Waals surface area contributed by atoms with Crippen molar-refractivity contribution in [3.8, 4) is 11.1 Å². The van der Waals surface area contributed by atoms with E-state index in [1.165, 1.54) is 24.5 Å². The van der Waals surface area contributed by atoms with Crippen molar-refractivity contribution in [3.63, 3.8) is 0 Å². The molecule has 3 rings (SSSR count). The molecule has 0 aliphatic rings. The number of benzene rings is 1. The van der Waals surface area contributed by atoms with Crippen molar-refractivity contribution in [2.24, 2.45) is 0 Å². The fraction of sp³-hybridized carbons (Fsp3) is 0.133. The molecule has 0 aliphatic carbocycles. The Morgan fingerprint density at radius 1 is 1.10 bits per heavy atom. The Kier molecular flexibility index (Phi) is 3.55. The maximum Gasteiger partial charge on any atom is 0.332 e. The highest BCUT2D eigenvalue weighted by Crippen LogP contribution is 2.43. The molecule has 0 radical (unpaired) electrons. The van der Waals surface area contributed by atoms with Crippen molar-refractivity contribution in [1.82, 2.24) is 9.78 Å². The predicted molar refractivity (Wildman–Crippen MR) is 76.0 cm³/mol. The van der Waals surface area contributed by atoms with E-state index in [4.69, 9.17) is 0 Å². The molecule has 2 nitrogen and oxygen atoms in total. The van der Waals surface area contributed by atoms with Crippen LogP contribution in [0.2, 0.25) is 0 Å². The molecule has 3 aromatic rings. The van der Waals surface area contributed by atoms with Crippen LogP contribution in [0.1, 0.15) is 11.2 Å². The topological polar surface area (TPSA) is 17.8 Å². The first-order chi connectivity index (χ1) is 10.1. The number of hydrogen-bond acceptors (Lipinski definition) is 2. The van der Waals surface area contributed by atoms with Gasteiger partial charge in [0, 0.05) is 12.4 Å². The second-order valence-corrected chi connectivity index (χ2v) is 5.42. The third-order valence-electron chi connectivity index (χ3n) is 3.09. The lowest BCUT2D eigenvalue weighted by molar-refractivity contribution is -0.114. The average Bonchev–Trinajstić information content (AvgIpc) is 3.19. The van der Waals surface area contributed by atoms with E-state index in [0.717, 1.165) is 16.9 Å². The summed E-state index contributed by atoms with van der Waals surface area (Å²) in [6.07, 6.45) is -0.0636. The monoisotopic (exact) mass is 308 g/mol. The molecule has 0 bridgehead atoms. The van der Waals surface area contributed by atoms with Gasteiger partial charge in [0.25, 0.3) is 6.30 Å². The summed E-state index contributed by atoms with van der Waals surface area (Å²) in [5.74, 6) is -3.62. The van der Waals surface area contributed by atoms with Gasteiger partial charge in [-0.05, 0) is 28.6 Å². The van der Waals surface area contributed by atoms with Crippen LogP contribution >= 0.6 is 11.3 Å². The van der Waals surface area contributed by atoms with E-state index in [-0.39, 0.29) is 4.88 Å². The SMILES string of the molecule is FC(n1cccn1)C(F)(F)c1cc(-c2ccccc2)cs1. The number of hydrogen-bond donors (Lipinski definition) is 0. The number of nitrogens with zero attached hydrogens (tertiary/aromatic N) is 2. The highest BCUT2D eigenvalue weighted by Gasteiger charge is 2.45. The lowest BCUT2D eigenvalue weighted by atomic mass is 10.1. The van der Waals surface area contributed by atoms with Gasteiger partial charge in [-0.15, -0.1) is 11.3 Å². The maximum absolute atomic E-state index is 14.2. The van der Waals surface area contributed by atoms with E-state index in [9.17, 15) is 13.2 Å². The Morgan fingerprint density at radius 2 is 1.86 bits per heavy atom. The zero-order valence-corrected chi connectivity index (χ0v) is 11.6. The zero-order chi connectivity index (χ0) is 14.9. The minimum atomic E-state index is -3.62. The number of aromatic nitrogens is 2. The molecule has 0 spiro atoms. The van der Waals surface area contributed by atoms with Crippen LogP contribution < -0.4 is 0 Å². The summed E-state index contributed by atoms with van der Waals surface area (Å²) in [6, 6.07) is 11.9. The molecule has 0 saturated carbocycles. The highest BCUT2D eigenvalue weighted by molar-refractivity contribution is 7.10. The van der Waals surface area contributed by atoms with Crippen LogP contribution in [0.3, 0.4) is 0 Å². The second-order valence-electron chi connectivity index (χ2n) is 4.51. The Balaban J connectivity index is 1.92. The molecule has 1 atom stereocenters. The third-order valence-corrected chi connectivity index (χ3v) is 4.11. The molecule has 0 aliphatic heterocycles. The fourth-order valence-electron chi connectivity index (χ4n) is 1.99. The van der Waals surface area contributed by atoms with Crippen LogP contribution in [0.5, 0.6) is 0 Å². The molecule has 21 heavy (non-hydrogen) atoms. The van der Waals surface area contributed by atoms with Gasteiger partial charge < -0.3 is 0 Å². The molecule has 0 amide bonds. The lowest BCUT2D eigenvalue weighted by Gasteiger charge is -2.19. The van der Waals surface area contributed by atoms with Crippen molar-refractivity contribution >= 4 is 11.3 Å². The van der Waals surface area contributed by atoms with Crippen molar-refractivity contribution in [2.75, 3.05) is 0 Å². The smallest absolute Gasteiger partial charge is 0.233 e. The summed E-state index contributed by atoms with van der Waals surface area (Å²) in [5.41, 5.74) is 1.48. The zero-order valence-electron chi connectivity index (χ0n) is 10.8. The standard InChI is InChI=1S/C15H11F3N2S/c16-14(20-8-4-7-19-20)15(17,18)13-9-12(10-21-13)11-5-2-1-3-6-11/h1-10,14H. The molecule has 1 unspecified atom stereocenters. The molecule has 1 aromatic carbocycles. The average molecular weight is 308 g/mol. The first-order valence-corrected chi connectivity index (χ1v) is 7.12. The van der Waals surface area contributed by atoms with E-state index in [0.29, 0.717) is 10.2 Å². The highest BCUT2D eigenvalue weighted by atomic mass is 32.1. The number of thiophene rings is 1. The molecule has 0 N–H and O–H groups in total. The molecule has 0 saturated heterocycles. The summed E-state index contributed by atoms with van der Waals surface area (Å²) in [4.78, 5) is -0.315. The molecule has 108 valence electrons. The third kappa shape index (κ3) is 2.58. The van der Waals surface area contributed by atoms with Crippen LogP contribution in [0.15, 0.2) is 60.2 Å². The van der Waals surface area contributed by atoms with Crippen LogP contribution in [-0.2, 0) is 5.92 Å². The van der Waals surface area contributed by atoms with Crippen LogP contribution in [-0.4, -0.2) is 9.78 Å². The summed E-state index contributed by atoms with van der Waals surface area (Å²) >= 11 is 0.846. The van der Waals surface area contributed by atoms with Crippen LogP contribution in [0.25, 0.3) is 11.1 Å². The minimum absolute atomic E-state index is 0.315. The van der Waals surface area contributed by atoms with E-state index in [1.54, 1.807) is 5.38 Å². The number of halogens is 3. The molecule has 6 heteroatoms. The molecule has 0 fully saturated rings. The van der Waals surface area contributed by atoms with Gasteiger partial charge >= 0.3 is 5.92 Å². The Morgan fingerprint density at radius 3 is 2.52 bits per heavy atom. The Hall–Kier alpha value is -2.08. The predicted octanol–water partition coefficient (Wildman–Crippen LogP) is 4.87. The molecular weight excluding hydrogens is 297 g/mol. The molecule has 2 aromatic heterocycles. The van der Waals surface area contributed by atoms with E-state index < -0.39 is 12.2 Å². The summed E-state index contributed by atoms with van der Waals surface area (Å²) in [7, 11) is 0. The summed E-state index contributed by atoms with van der Waals surface area (Å²) in [6.45, 7) is 0. The van der Waals surface area contributed by atoms with Crippen LogP contribution in [0, 0.1) is 0 Å². The number of rotatable bonds is 4. The quantitative estimate of drug-likeness (QED) is 0.672. The van der Waals surface area contributed by atoms with Crippen molar-refractivity contribution in [1.29, 1.82) is 0 Å². The first kappa shape index (κ1) is 13.9. The second kappa shape index (κ2) is 5.37. The van der Waals surface area contributed by atoms with Crippen molar-refractivity contribution in [3.05, 3.63) is 65.1 Å². The van der Waals surface area contributed by atoms with Crippen molar-refractivity contribution in [2.45, 2.75) is 12.2 Å². The Labute approximate surface area is 123 Å². The Bertz CT molecular complexity index is 708. The van der Waals surface area contributed by atoms with Gasteiger partial charge in [0.05, 0.1) is 4.88 Å². The van der Waals surface area contributed by atoms with Gasteiger partial charge in [0.1, 0.15) is 0 Å². The van der Waals surface area contributed by atoms with Gasteiger partial charge in [-0.25, -0.2) is 9.07 Å². The van der Waals surface area contributed by atoms with Gasteiger partial charge in [-0.1, -0.05) is 30.3 Å². The van der Waals surface area contributed by atoms with Gasteiger partial charge in [0.2, 0.25) is 0 Å². The fourth-order valence-corrected chi connectivity index (χ4v) is 2.90. The van der Waals surface area contributed by atoms with Gasteiger partial charge in [-0.2, -0.15) is 13.9 Å².